The largest absolute Gasteiger partial charge is 0.456 e. The molecular weight excluding hydrogens is 219 g/mol. The quantitative estimate of drug-likeness (QED) is 0.445. The van der Waals surface area contributed by atoms with Gasteiger partial charge in [-0.15, -0.1) is 5.73 Å². The van der Waals surface area contributed by atoms with E-state index in [9.17, 15) is 9.18 Å². The number of carbonyl (C=O) groups is 1. The zero-order chi connectivity index (χ0) is 12.9. The number of benzene rings is 1. The average molecular weight is 234 g/mol. The number of esters is 1. The monoisotopic (exact) mass is 234 g/mol. The summed E-state index contributed by atoms with van der Waals surface area (Å²) in [5.41, 5.74) is 2.96. The molecule has 0 aliphatic rings. The van der Waals surface area contributed by atoms with Crippen molar-refractivity contribution in [1.82, 2.24) is 0 Å². The van der Waals surface area contributed by atoms with Gasteiger partial charge in [-0.3, -0.25) is 0 Å². The second kappa shape index (κ2) is 5.46. The first-order valence-corrected chi connectivity index (χ1v) is 5.28. The van der Waals surface area contributed by atoms with Crippen LogP contribution in [0.15, 0.2) is 36.1 Å². The first-order chi connectivity index (χ1) is 7.87. The van der Waals surface area contributed by atoms with Crippen molar-refractivity contribution in [2.45, 2.75) is 26.4 Å². The van der Waals surface area contributed by atoms with Gasteiger partial charge in [0.2, 0.25) is 0 Å². The van der Waals surface area contributed by atoms with Crippen molar-refractivity contribution in [1.29, 1.82) is 0 Å². The first-order valence-electron chi connectivity index (χ1n) is 5.28. The Kier molecular flexibility index (Phi) is 4.24. The number of hydrogen-bond donors (Lipinski definition) is 0. The van der Waals surface area contributed by atoms with E-state index >= 15 is 0 Å². The molecule has 0 aliphatic heterocycles. The maximum Gasteiger partial charge on any atom is 0.339 e. The van der Waals surface area contributed by atoms with Crippen LogP contribution in [0.1, 0.15) is 26.3 Å². The zero-order valence-corrected chi connectivity index (χ0v) is 10.2. The molecule has 3 heteroatoms. The van der Waals surface area contributed by atoms with E-state index in [-0.39, 0.29) is 5.82 Å². The summed E-state index contributed by atoms with van der Waals surface area (Å²) in [6.07, 6.45) is 2.80. The molecule has 0 fully saturated rings. The zero-order valence-electron chi connectivity index (χ0n) is 10.2. The predicted octanol–water partition coefficient (Wildman–Crippen LogP) is 3.34. The van der Waals surface area contributed by atoms with Gasteiger partial charge in [-0.1, -0.05) is 12.1 Å². The topological polar surface area (TPSA) is 26.3 Å². The highest BCUT2D eigenvalue weighted by molar-refractivity contribution is 5.82. The maximum absolute atomic E-state index is 12.6. The molecule has 0 saturated heterocycles. The molecule has 1 aromatic carbocycles. The molecule has 0 radical (unpaired) electrons. The lowest BCUT2D eigenvalue weighted by atomic mass is 10.2. The van der Waals surface area contributed by atoms with E-state index in [2.05, 4.69) is 5.73 Å². The standard InChI is InChI=1S/C14H15FO2/c1-14(2,3)17-13(16)6-4-5-11-7-9-12(15)10-8-11/h5-10H,1-3H3. The normalized spacial score (nSPS) is 10.4. The van der Waals surface area contributed by atoms with Gasteiger partial charge in [0.1, 0.15) is 11.4 Å². The maximum atomic E-state index is 12.6. The third kappa shape index (κ3) is 5.69. The molecule has 0 aromatic heterocycles. The summed E-state index contributed by atoms with van der Waals surface area (Å²) < 4.78 is 17.7. The Hall–Kier alpha value is -1.86. The molecule has 1 rings (SSSR count). The fraction of sp³-hybridized carbons (Fsp3) is 0.286. The van der Waals surface area contributed by atoms with Gasteiger partial charge in [0.05, 0.1) is 6.08 Å². The molecule has 0 saturated carbocycles. The molecule has 0 unspecified atom stereocenters. The lowest BCUT2D eigenvalue weighted by Crippen LogP contribution is -2.22. The fourth-order valence-electron chi connectivity index (χ4n) is 1.10. The Morgan fingerprint density at radius 1 is 1.29 bits per heavy atom. The van der Waals surface area contributed by atoms with Gasteiger partial charge in [-0.05, 0) is 44.5 Å². The molecule has 0 N–H and O–H groups in total. The average Bonchev–Trinajstić information content (AvgIpc) is 2.18. The van der Waals surface area contributed by atoms with E-state index in [4.69, 9.17) is 4.74 Å². The number of halogens is 1. The summed E-state index contributed by atoms with van der Waals surface area (Å²) in [6.45, 7) is 5.38. The molecule has 2 nitrogen and oxygen atoms in total. The van der Waals surface area contributed by atoms with Gasteiger partial charge in [0, 0.05) is 0 Å². The molecule has 0 heterocycles. The molecule has 1 aromatic rings. The number of hydrogen-bond acceptors (Lipinski definition) is 2. The Morgan fingerprint density at radius 2 is 1.88 bits per heavy atom. The van der Waals surface area contributed by atoms with Gasteiger partial charge < -0.3 is 4.74 Å². The van der Waals surface area contributed by atoms with Crippen LogP contribution in [0.25, 0.3) is 6.08 Å². The van der Waals surface area contributed by atoms with E-state index in [0.29, 0.717) is 0 Å². The number of rotatable bonds is 2. The van der Waals surface area contributed by atoms with Crippen LogP contribution in [0, 0.1) is 5.82 Å². The first kappa shape index (κ1) is 13.2. The number of ether oxygens (including phenoxy) is 1. The highest BCUT2D eigenvalue weighted by Gasteiger charge is 2.13. The molecule has 0 aliphatic carbocycles. The minimum Gasteiger partial charge on any atom is -0.456 e. The molecular formula is C14H15FO2. The molecule has 0 bridgehead atoms. The summed E-state index contributed by atoms with van der Waals surface area (Å²) in [7, 11) is 0. The Morgan fingerprint density at radius 3 is 2.41 bits per heavy atom. The van der Waals surface area contributed by atoms with E-state index in [1.807, 2.05) is 0 Å². The van der Waals surface area contributed by atoms with Gasteiger partial charge in [-0.25, -0.2) is 9.18 Å². The molecule has 17 heavy (non-hydrogen) atoms. The van der Waals surface area contributed by atoms with E-state index < -0.39 is 11.6 Å². The van der Waals surface area contributed by atoms with E-state index in [1.54, 1.807) is 39.0 Å². The van der Waals surface area contributed by atoms with Crippen LogP contribution >= 0.6 is 0 Å². The summed E-state index contributed by atoms with van der Waals surface area (Å²) in [5, 5.41) is 0. The van der Waals surface area contributed by atoms with Crippen molar-refractivity contribution in [3.05, 3.63) is 47.5 Å². The van der Waals surface area contributed by atoms with Crippen LogP contribution in [0.4, 0.5) is 4.39 Å². The summed E-state index contributed by atoms with van der Waals surface area (Å²) in [5.74, 6) is -0.742. The van der Waals surface area contributed by atoms with Crippen molar-refractivity contribution in [2.75, 3.05) is 0 Å². The molecule has 90 valence electrons. The molecule has 0 atom stereocenters. The molecule has 0 amide bonds. The van der Waals surface area contributed by atoms with Gasteiger partial charge in [-0.2, -0.15) is 0 Å². The summed E-state index contributed by atoms with van der Waals surface area (Å²) in [6, 6.07) is 5.90. The van der Waals surface area contributed by atoms with Crippen LogP contribution in [0.3, 0.4) is 0 Å². The van der Waals surface area contributed by atoms with Crippen LogP contribution in [-0.4, -0.2) is 11.6 Å². The minimum atomic E-state index is -0.509. The summed E-state index contributed by atoms with van der Waals surface area (Å²) in [4.78, 5) is 11.3. The third-order valence-corrected chi connectivity index (χ3v) is 1.73. The Bertz CT molecular complexity index is 446. The number of carbonyl (C=O) groups excluding carboxylic acids is 1. The van der Waals surface area contributed by atoms with Gasteiger partial charge in [0.25, 0.3) is 0 Å². The van der Waals surface area contributed by atoms with Crippen LogP contribution in [0.5, 0.6) is 0 Å². The van der Waals surface area contributed by atoms with Crippen molar-refractivity contribution in [3.8, 4) is 0 Å². The summed E-state index contributed by atoms with van der Waals surface area (Å²) >= 11 is 0. The Labute approximate surface area is 100 Å². The van der Waals surface area contributed by atoms with Crippen LogP contribution in [0.2, 0.25) is 0 Å². The van der Waals surface area contributed by atoms with E-state index in [1.165, 1.54) is 18.2 Å². The molecule has 0 spiro atoms. The third-order valence-electron chi connectivity index (χ3n) is 1.73. The van der Waals surface area contributed by atoms with Crippen LogP contribution < -0.4 is 0 Å². The SMILES string of the molecule is CC(C)(C)OC(=O)C=C=Cc1ccc(F)cc1. The second-order valence-electron chi connectivity index (χ2n) is 4.54. The highest BCUT2D eigenvalue weighted by Crippen LogP contribution is 2.07. The fourth-order valence-corrected chi connectivity index (χ4v) is 1.10. The van der Waals surface area contributed by atoms with Gasteiger partial charge in [0.15, 0.2) is 0 Å². The van der Waals surface area contributed by atoms with Crippen molar-refractivity contribution >= 4 is 12.0 Å². The second-order valence-corrected chi connectivity index (χ2v) is 4.54. The highest BCUT2D eigenvalue weighted by atomic mass is 19.1. The lowest BCUT2D eigenvalue weighted by Gasteiger charge is -2.17. The van der Waals surface area contributed by atoms with E-state index in [0.717, 1.165) is 5.56 Å². The Balaban J connectivity index is 2.65. The predicted molar refractivity (Wildman–Crippen MR) is 64.8 cm³/mol. The van der Waals surface area contributed by atoms with Crippen molar-refractivity contribution < 1.29 is 13.9 Å². The smallest absolute Gasteiger partial charge is 0.339 e. The van der Waals surface area contributed by atoms with Gasteiger partial charge >= 0.3 is 5.97 Å². The van der Waals surface area contributed by atoms with Crippen molar-refractivity contribution in [3.63, 3.8) is 0 Å². The van der Waals surface area contributed by atoms with Crippen molar-refractivity contribution in [2.24, 2.45) is 0 Å². The minimum absolute atomic E-state index is 0.293. The lowest BCUT2D eigenvalue weighted by molar-refractivity contribution is -0.148. The van der Waals surface area contributed by atoms with Crippen LogP contribution in [-0.2, 0) is 9.53 Å².